The number of hydrazine groups is 1. The highest BCUT2D eigenvalue weighted by molar-refractivity contribution is 6.33. The molecule has 14 heteroatoms. The van der Waals surface area contributed by atoms with Crippen molar-refractivity contribution in [2.24, 2.45) is 0 Å². The van der Waals surface area contributed by atoms with Crippen LogP contribution >= 0.6 is 11.6 Å². The number of rotatable bonds is 8. The number of carbonyl (C=O) groups is 1. The van der Waals surface area contributed by atoms with E-state index in [0.29, 0.717) is 11.8 Å². The largest absolute Gasteiger partial charge is 0.484 e. The number of ether oxygens (including phenoxy) is 1. The van der Waals surface area contributed by atoms with Gasteiger partial charge in [-0.3, -0.25) is 25.8 Å². The van der Waals surface area contributed by atoms with Gasteiger partial charge in [0.2, 0.25) is 11.6 Å². The van der Waals surface area contributed by atoms with Crippen molar-refractivity contribution in [3.8, 4) is 5.75 Å². The number of para-hydroxylation sites is 1. The van der Waals surface area contributed by atoms with Gasteiger partial charge in [-0.25, -0.2) is 9.97 Å². The number of aromatic nitrogens is 2. The van der Waals surface area contributed by atoms with Gasteiger partial charge in [0.05, 0.1) is 21.2 Å². The highest BCUT2D eigenvalue weighted by Gasteiger charge is 2.31. The molecule has 0 aliphatic carbocycles. The molecule has 3 N–H and O–H groups in total. The molecule has 172 valence electrons. The molecule has 0 saturated carbocycles. The number of hydrogen-bond donors (Lipinski definition) is 3. The lowest BCUT2D eigenvalue weighted by Gasteiger charge is -2.13. The number of nitrogens with zero attached hydrogens (tertiary/aromatic N) is 3. The van der Waals surface area contributed by atoms with Crippen LogP contribution in [0.1, 0.15) is 5.56 Å². The Kier molecular flexibility index (Phi) is 7.13. The topological polar surface area (TPSA) is 131 Å². The number of halogens is 4. The van der Waals surface area contributed by atoms with E-state index in [9.17, 15) is 28.1 Å². The van der Waals surface area contributed by atoms with Crippen LogP contribution < -0.4 is 20.9 Å². The number of nitro groups is 1. The van der Waals surface area contributed by atoms with Crippen LogP contribution in [0.25, 0.3) is 0 Å². The fourth-order valence-corrected chi connectivity index (χ4v) is 2.66. The molecule has 0 saturated heterocycles. The van der Waals surface area contributed by atoms with E-state index in [2.05, 4.69) is 26.1 Å². The van der Waals surface area contributed by atoms with Gasteiger partial charge in [-0.1, -0.05) is 29.8 Å². The van der Waals surface area contributed by atoms with Crippen molar-refractivity contribution in [2.45, 2.75) is 6.18 Å². The maximum atomic E-state index is 13.0. The number of carbonyl (C=O) groups excluding carboxylic acids is 1. The van der Waals surface area contributed by atoms with E-state index in [-0.39, 0.29) is 10.7 Å². The fraction of sp³-hybridized carbons (Fsp3) is 0.105. The summed E-state index contributed by atoms with van der Waals surface area (Å²) in [5, 5.41) is 13.9. The zero-order valence-corrected chi connectivity index (χ0v) is 17.1. The van der Waals surface area contributed by atoms with E-state index in [0.717, 1.165) is 18.5 Å². The molecule has 0 spiro atoms. The molecule has 0 atom stereocenters. The predicted molar refractivity (Wildman–Crippen MR) is 112 cm³/mol. The molecule has 2 aromatic carbocycles. The lowest BCUT2D eigenvalue weighted by atomic mass is 10.2. The number of hydrogen-bond acceptors (Lipinski definition) is 8. The quantitative estimate of drug-likeness (QED) is 0.319. The van der Waals surface area contributed by atoms with Crippen LogP contribution in [0.3, 0.4) is 0 Å². The summed E-state index contributed by atoms with van der Waals surface area (Å²) in [5.74, 6) is -1.12. The highest BCUT2D eigenvalue weighted by Crippen LogP contribution is 2.37. The third-order valence-electron chi connectivity index (χ3n) is 3.99. The second-order valence-corrected chi connectivity index (χ2v) is 6.68. The molecule has 0 aliphatic heterocycles. The summed E-state index contributed by atoms with van der Waals surface area (Å²) in [6.07, 6.45) is -3.75. The van der Waals surface area contributed by atoms with Gasteiger partial charge in [0.25, 0.3) is 5.91 Å². The molecule has 0 unspecified atom stereocenters. The Bertz CT molecular complexity index is 1160. The van der Waals surface area contributed by atoms with Gasteiger partial charge >= 0.3 is 11.9 Å². The summed E-state index contributed by atoms with van der Waals surface area (Å²) in [4.78, 5) is 30.1. The number of amides is 1. The number of benzene rings is 2. The second-order valence-electron chi connectivity index (χ2n) is 6.27. The highest BCUT2D eigenvalue weighted by atomic mass is 35.5. The van der Waals surface area contributed by atoms with Gasteiger partial charge in [-0.2, -0.15) is 13.2 Å². The van der Waals surface area contributed by atoms with Gasteiger partial charge in [-0.15, -0.1) is 0 Å². The predicted octanol–water partition coefficient (Wildman–Crippen LogP) is 4.32. The van der Waals surface area contributed by atoms with Crippen LogP contribution in [0.5, 0.6) is 5.75 Å². The van der Waals surface area contributed by atoms with Crippen molar-refractivity contribution in [1.82, 2.24) is 15.4 Å². The fourth-order valence-electron chi connectivity index (χ4n) is 2.49. The van der Waals surface area contributed by atoms with Crippen LogP contribution in [0, 0.1) is 10.1 Å². The summed E-state index contributed by atoms with van der Waals surface area (Å²) in [6.45, 7) is -0.402. The Hall–Kier alpha value is -4.13. The Labute approximate surface area is 188 Å². The summed E-state index contributed by atoms with van der Waals surface area (Å²) < 4.78 is 44.2. The molecule has 1 heterocycles. The summed E-state index contributed by atoms with van der Waals surface area (Å²) in [6, 6.07) is 10.9. The molecule has 1 aromatic heterocycles. The summed E-state index contributed by atoms with van der Waals surface area (Å²) in [7, 11) is 0. The number of nitrogens with one attached hydrogen (secondary N) is 3. The smallest absolute Gasteiger partial charge is 0.416 e. The monoisotopic (exact) mass is 482 g/mol. The maximum Gasteiger partial charge on any atom is 0.416 e. The van der Waals surface area contributed by atoms with Crippen LogP contribution in [-0.4, -0.2) is 27.4 Å². The van der Waals surface area contributed by atoms with Crippen LogP contribution in [0.15, 0.2) is 54.9 Å². The SMILES string of the molecule is O=C(COc1ccccc1)NNc1ncnc(Nc2cc(C(F)(F)F)ccc2Cl)c1[N+](=O)[O-]. The van der Waals surface area contributed by atoms with Crippen molar-refractivity contribution in [2.75, 3.05) is 17.3 Å². The standard InChI is InChI=1S/C19H14ClF3N6O4/c20-13-7-6-11(19(21,22)23)8-14(13)26-17-16(29(31)32)18(25-10-24-17)28-27-15(30)9-33-12-4-2-1-3-5-12/h1-8,10H,9H2,(H,27,30)(H2,24,25,26,28). The van der Waals surface area contributed by atoms with Crippen LogP contribution in [0.2, 0.25) is 5.02 Å². The first-order valence-corrected chi connectivity index (χ1v) is 9.39. The zero-order chi connectivity index (χ0) is 24.0. The molecule has 1 amide bonds. The first-order chi connectivity index (χ1) is 15.6. The van der Waals surface area contributed by atoms with E-state index < -0.39 is 46.5 Å². The van der Waals surface area contributed by atoms with Gasteiger partial charge in [0.15, 0.2) is 6.61 Å². The van der Waals surface area contributed by atoms with Gasteiger partial charge in [0, 0.05) is 0 Å². The molecule has 0 aliphatic rings. The minimum atomic E-state index is -4.66. The molecule has 10 nitrogen and oxygen atoms in total. The normalized spacial score (nSPS) is 10.9. The van der Waals surface area contributed by atoms with Crippen LogP contribution in [-0.2, 0) is 11.0 Å². The lowest BCUT2D eigenvalue weighted by Crippen LogP contribution is -2.34. The number of anilines is 3. The van der Waals surface area contributed by atoms with Crippen molar-refractivity contribution in [3.63, 3.8) is 0 Å². The molecule has 33 heavy (non-hydrogen) atoms. The van der Waals surface area contributed by atoms with Gasteiger partial charge < -0.3 is 10.1 Å². The van der Waals surface area contributed by atoms with Crippen molar-refractivity contribution >= 4 is 40.5 Å². The third kappa shape index (κ3) is 6.20. The van der Waals surface area contributed by atoms with E-state index >= 15 is 0 Å². The Morgan fingerprint density at radius 2 is 1.82 bits per heavy atom. The zero-order valence-electron chi connectivity index (χ0n) is 16.4. The minimum absolute atomic E-state index is 0.128. The van der Waals surface area contributed by atoms with Crippen LogP contribution in [0.4, 0.5) is 36.2 Å². The average molecular weight is 483 g/mol. The first kappa shape index (κ1) is 23.5. The molecule has 3 aromatic rings. The van der Waals surface area contributed by atoms with E-state index in [1.165, 1.54) is 0 Å². The van der Waals surface area contributed by atoms with E-state index in [1.54, 1.807) is 30.3 Å². The Morgan fingerprint density at radius 1 is 1.12 bits per heavy atom. The van der Waals surface area contributed by atoms with Crippen molar-refractivity contribution < 1.29 is 27.6 Å². The molecular weight excluding hydrogens is 469 g/mol. The van der Waals surface area contributed by atoms with E-state index in [1.807, 2.05) is 0 Å². The Morgan fingerprint density at radius 3 is 2.48 bits per heavy atom. The molecule has 0 bridgehead atoms. The molecule has 0 fully saturated rings. The number of alkyl halides is 3. The van der Waals surface area contributed by atoms with E-state index in [4.69, 9.17) is 16.3 Å². The minimum Gasteiger partial charge on any atom is -0.484 e. The average Bonchev–Trinajstić information content (AvgIpc) is 2.77. The van der Waals surface area contributed by atoms with Crippen molar-refractivity contribution in [1.29, 1.82) is 0 Å². The summed E-state index contributed by atoms with van der Waals surface area (Å²) >= 11 is 5.93. The molecule has 3 rings (SSSR count). The second kappa shape index (κ2) is 9.99. The summed E-state index contributed by atoms with van der Waals surface area (Å²) in [5.41, 5.74) is 2.44. The molecule has 0 radical (unpaired) electrons. The van der Waals surface area contributed by atoms with Gasteiger partial charge in [0.1, 0.15) is 12.1 Å². The Balaban J connectivity index is 1.76. The maximum absolute atomic E-state index is 13.0. The van der Waals surface area contributed by atoms with Crippen molar-refractivity contribution in [3.05, 3.63) is 75.6 Å². The first-order valence-electron chi connectivity index (χ1n) is 9.01. The third-order valence-corrected chi connectivity index (χ3v) is 4.31. The molecular formula is C19H14ClF3N6O4. The lowest BCUT2D eigenvalue weighted by molar-refractivity contribution is -0.383. The van der Waals surface area contributed by atoms with Gasteiger partial charge in [-0.05, 0) is 30.3 Å².